The van der Waals surface area contributed by atoms with E-state index in [1.807, 2.05) is 30.3 Å². The van der Waals surface area contributed by atoms with Gasteiger partial charge in [0.1, 0.15) is 0 Å². The number of nitrogens with zero attached hydrogens (tertiary/aromatic N) is 4. The Morgan fingerprint density at radius 3 is 2.46 bits per heavy atom. The first-order chi connectivity index (χ1) is 17.9. The summed E-state index contributed by atoms with van der Waals surface area (Å²) in [6, 6.07) is 11.8. The largest absolute Gasteiger partial charge is 0.363 e. The molecule has 1 unspecified atom stereocenters. The van der Waals surface area contributed by atoms with E-state index in [9.17, 15) is 14.2 Å². The van der Waals surface area contributed by atoms with Crippen LogP contribution in [0.2, 0.25) is 0 Å². The maximum absolute atomic E-state index is 13.3. The van der Waals surface area contributed by atoms with Crippen molar-refractivity contribution in [3.8, 4) is 0 Å². The van der Waals surface area contributed by atoms with Crippen LogP contribution in [0.25, 0.3) is 0 Å². The lowest BCUT2D eigenvalue weighted by molar-refractivity contribution is -0.135. The van der Waals surface area contributed by atoms with E-state index < -0.39 is 30.5 Å². The molecule has 3 fully saturated rings. The lowest BCUT2D eigenvalue weighted by Gasteiger charge is -2.40. The number of aromatic nitrogens is 2. The number of hydrogen-bond donors (Lipinski definition) is 1. The van der Waals surface area contributed by atoms with Crippen LogP contribution in [0.3, 0.4) is 0 Å². The second-order valence-corrected chi connectivity index (χ2v) is 13.1. The third-order valence-electron chi connectivity index (χ3n) is 7.49. The van der Waals surface area contributed by atoms with Gasteiger partial charge in [-0.05, 0) is 55.6 Å². The summed E-state index contributed by atoms with van der Waals surface area (Å²) in [4.78, 5) is 31.0. The van der Waals surface area contributed by atoms with Gasteiger partial charge < -0.3 is 14.2 Å². The molecule has 202 valence electrons. The van der Waals surface area contributed by atoms with E-state index in [-0.39, 0.29) is 6.61 Å². The lowest BCUT2D eigenvalue weighted by Crippen LogP contribution is -2.49. The number of halogens is 1. The monoisotopic (exact) mass is 551 g/mol. The molecule has 0 spiro atoms. The van der Waals surface area contributed by atoms with Gasteiger partial charge in [0.25, 0.3) is 5.56 Å². The van der Waals surface area contributed by atoms with Crippen molar-refractivity contribution in [3.63, 3.8) is 0 Å². The highest BCUT2D eigenvalue weighted by Crippen LogP contribution is 2.57. The van der Waals surface area contributed by atoms with Crippen LogP contribution in [0.1, 0.15) is 37.5 Å². The fourth-order valence-electron chi connectivity index (χ4n) is 5.58. The Hall–Kier alpha value is -1.78. The van der Waals surface area contributed by atoms with Gasteiger partial charge in [-0.15, -0.1) is 0 Å². The number of aromatic amines is 1. The highest BCUT2D eigenvalue weighted by atomic mass is 35.7. The molecule has 1 N–H and O–H groups in total. The number of ether oxygens (including phenoxy) is 1. The topological polar surface area (TPSA) is 100 Å². The van der Waals surface area contributed by atoms with E-state index in [2.05, 4.69) is 14.8 Å². The number of nitrogens with one attached hydrogen (secondary N) is 1. The second kappa shape index (κ2) is 11.9. The molecule has 12 heteroatoms. The summed E-state index contributed by atoms with van der Waals surface area (Å²) in [7, 11) is 0. The van der Waals surface area contributed by atoms with Gasteiger partial charge in [-0.3, -0.25) is 23.8 Å². The molecule has 0 amide bonds. The van der Waals surface area contributed by atoms with Gasteiger partial charge in [-0.2, -0.15) is 0 Å². The Morgan fingerprint density at radius 2 is 1.76 bits per heavy atom. The zero-order chi connectivity index (χ0) is 25.8. The van der Waals surface area contributed by atoms with Gasteiger partial charge >= 0.3 is 12.6 Å². The molecule has 0 aliphatic carbocycles. The van der Waals surface area contributed by atoms with Crippen LogP contribution in [0.5, 0.6) is 0 Å². The summed E-state index contributed by atoms with van der Waals surface area (Å²) in [6.07, 6.45) is 4.71. The fraction of sp³-hybridized carbons (Fsp3) is 0.600. The van der Waals surface area contributed by atoms with Gasteiger partial charge in [0.2, 0.25) is 0 Å². The first-order valence-electron chi connectivity index (χ1n) is 13.0. The molecule has 0 bridgehead atoms. The Kier molecular flexibility index (Phi) is 8.66. The van der Waals surface area contributed by atoms with E-state index in [1.54, 1.807) is 4.67 Å². The lowest BCUT2D eigenvalue weighted by atomic mass is 10.1. The first kappa shape index (κ1) is 26.8. The van der Waals surface area contributed by atoms with Gasteiger partial charge in [0, 0.05) is 51.0 Å². The molecule has 10 nitrogen and oxygen atoms in total. The van der Waals surface area contributed by atoms with Crippen LogP contribution in [0.4, 0.5) is 0 Å². The summed E-state index contributed by atoms with van der Waals surface area (Å²) >= 11 is 6.49. The van der Waals surface area contributed by atoms with Gasteiger partial charge in [-0.1, -0.05) is 30.3 Å². The molecule has 3 aliphatic heterocycles. The van der Waals surface area contributed by atoms with Crippen LogP contribution >= 0.6 is 18.1 Å². The zero-order valence-corrected chi connectivity index (χ0v) is 22.6. The maximum atomic E-state index is 13.3. The predicted molar refractivity (Wildman–Crippen MR) is 142 cm³/mol. The number of rotatable bonds is 8. The number of benzene rings is 1. The summed E-state index contributed by atoms with van der Waals surface area (Å²) in [5.41, 5.74) is 0.123. The van der Waals surface area contributed by atoms with Crippen molar-refractivity contribution in [1.82, 2.24) is 24.0 Å². The van der Waals surface area contributed by atoms with Gasteiger partial charge in [-0.25, -0.2) is 9.46 Å². The summed E-state index contributed by atoms with van der Waals surface area (Å²) < 4.78 is 28.5. The van der Waals surface area contributed by atoms with Crippen LogP contribution in [-0.2, 0) is 20.4 Å². The minimum atomic E-state index is -3.51. The molecule has 0 radical (unpaired) electrons. The van der Waals surface area contributed by atoms with Crippen molar-refractivity contribution in [2.75, 3.05) is 45.9 Å². The van der Waals surface area contributed by atoms with Crippen LogP contribution < -0.4 is 11.2 Å². The van der Waals surface area contributed by atoms with Crippen molar-refractivity contribution < 1.29 is 13.8 Å². The Labute approximate surface area is 221 Å². The molecule has 37 heavy (non-hydrogen) atoms. The molecule has 2 aromatic rings. The fourth-order valence-corrected chi connectivity index (χ4v) is 7.43. The average molecular weight is 552 g/mol. The number of likely N-dealkylation sites (tertiary alicyclic amines) is 1. The number of H-pyrrole nitrogens is 1. The van der Waals surface area contributed by atoms with Gasteiger partial charge in [0.05, 0.1) is 12.7 Å². The SMILES string of the molecule is O=c1ccn([C@H]2CN(Cc3ccccc3)C[C@@H](COP(=O)(Cl)N3CCC(N4CCCC4)CC3)O2)c(=O)[nH]1. The molecule has 0 saturated carbocycles. The molecular weight excluding hydrogens is 517 g/mol. The highest BCUT2D eigenvalue weighted by Gasteiger charge is 2.37. The molecule has 3 aliphatic rings. The van der Waals surface area contributed by atoms with Crippen molar-refractivity contribution in [2.24, 2.45) is 0 Å². The van der Waals surface area contributed by atoms with E-state index in [1.165, 1.54) is 29.7 Å². The molecule has 5 rings (SSSR count). The summed E-state index contributed by atoms with van der Waals surface area (Å²) in [5.74, 6) is 0. The van der Waals surface area contributed by atoms with Crippen LogP contribution in [0.15, 0.2) is 52.2 Å². The first-order valence-corrected chi connectivity index (χ1v) is 15.5. The van der Waals surface area contributed by atoms with Crippen molar-refractivity contribution in [3.05, 3.63) is 69.0 Å². The molecule has 1 aromatic carbocycles. The predicted octanol–water partition coefficient (Wildman–Crippen LogP) is 2.86. The Bertz CT molecular complexity index is 1200. The third-order valence-corrected chi connectivity index (χ3v) is 9.97. The Balaban J connectivity index is 1.23. The van der Waals surface area contributed by atoms with Crippen molar-refractivity contribution in [1.29, 1.82) is 0 Å². The smallest absolute Gasteiger partial charge is 0.350 e. The van der Waals surface area contributed by atoms with Crippen molar-refractivity contribution in [2.45, 2.75) is 50.6 Å². The van der Waals surface area contributed by atoms with Crippen LogP contribution in [0, 0.1) is 0 Å². The average Bonchev–Trinajstić information content (AvgIpc) is 3.43. The summed E-state index contributed by atoms with van der Waals surface area (Å²) in [6.45, 7) is 1.73. The number of morpholine rings is 1. The van der Waals surface area contributed by atoms with Crippen molar-refractivity contribution >= 4 is 18.1 Å². The summed E-state index contributed by atoms with van der Waals surface area (Å²) in [5, 5.41) is 0. The number of piperidine rings is 1. The zero-order valence-electron chi connectivity index (χ0n) is 20.9. The molecule has 4 heterocycles. The highest BCUT2D eigenvalue weighted by molar-refractivity contribution is 7.83. The quantitative estimate of drug-likeness (QED) is 0.500. The Morgan fingerprint density at radius 1 is 1.03 bits per heavy atom. The minimum absolute atomic E-state index is 0.0344. The molecule has 3 saturated heterocycles. The normalized spacial score (nSPS) is 26.3. The third kappa shape index (κ3) is 6.81. The minimum Gasteiger partial charge on any atom is -0.350 e. The van der Waals surface area contributed by atoms with E-state index in [0.717, 1.165) is 31.5 Å². The van der Waals surface area contributed by atoms with E-state index in [4.69, 9.17) is 20.5 Å². The van der Waals surface area contributed by atoms with E-state index in [0.29, 0.717) is 38.8 Å². The van der Waals surface area contributed by atoms with E-state index >= 15 is 0 Å². The van der Waals surface area contributed by atoms with Crippen LogP contribution in [-0.4, -0.2) is 82.0 Å². The standard InChI is InChI=1S/C25H35ClN5O5P/c26-37(34,30-13-8-21(9-14-30)29-11-4-5-12-29)35-19-22-17-28(16-20-6-2-1-3-7-20)18-24(36-22)31-15-10-23(32)27-25(31)33/h1-3,6-7,10,15,21-22,24H,4-5,8-9,11-14,16-19H2,(H,27,32,33)/t22-,24+,37?/m0/s1. The maximum Gasteiger partial charge on any atom is 0.363 e. The molecule has 1 aromatic heterocycles. The molecule has 3 atom stereocenters. The second-order valence-electron chi connectivity index (χ2n) is 10.1. The van der Waals surface area contributed by atoms with Gasteiger partial charge in [0.15, 0.2) is 6.23 Å². The molecular formula is C25H35ClN5O5P. The number of hydrogen-bond acceptors (Lipinski definition) is 7.